The van der Waals surface area contributed by atoms with Gasteiger partial charge in [-0.15, -0.1) is 24.0 Å². The molecule has 6 nitrogen and oxygen atoms in total. The lowest BCUT2D eigenvalue weighted by molar-refractivity contribution is 0.131. The van der Waals surface area contributed by atoms with Crippen LogP contribution in [0.3, 0.4) is 0 Å². The van der Waals surface area contributed by atoms with Crippen LogP contribution in [0.1, 0.15) is 56.7 Å². The first kappa shape index (κ1) is 24.7. The van der Waals surface area contributed by atoms with Crippen LogP contribution in [0.15, 0.2) is 41.5 Å². The van der Waals surface area contributed by atoms with Crippen molar-refractivity contribution < 1.29 is 5.11 Å². The van der Waals surface area contributed by atoms with Crippen LogP contribution in [0.2, 0.25) is 0 Å². The summed E-state index contributed by atoms with van der Waals surface area (Å²) in [5.41, 5.74) is 3.38. The van der Waals surface area contributed by atoms with Gasteiger partial charge in [-0.1, -0.05) is 37.5 Å². The number of guanidine groups is 1. The number of aromatic nitrogens is 2. The summed E-state index contributed by atoms with van der Waals surface area (Å²) in [6.45, 7) is 6.60. The number of aryl methyl sites for hydroxylation is 1. The molecule has 0 saturated heterocycles. The van der Waals surface area contributed by atoms with Gasteiger partial charge in [0.1, 0.15) is 0 Å². The van der Waals surface area contributed by atoms with Gasteiger partial charge in [0.15, 0.2) is 5.96 Å². The maximum absolute atomic E-state index is 9.56. The number of para-hydroxylation sites is 1. The van der Waals surface area contributed by atoms with Gasteiger partial charge < -0.3 is 15.7 Å². The molecule has 2 aromatic rings. The number of benzene rings is 1. The molecule has 3 N–H and O–H groups in total. The molecule has 1 heterocycles. The van der Waals surface area contributed by atoms with Crippen molar-refractivity contribution in [1.82, 2.24) is 20.4 Å². The molecule has 0 bridgehead atoms. The van der Waals surface area contributed by atoms with Gasteiger partial charge in [0.2, 0.25) is 0 Å². The minimum atomic E-state index is 0. The highest BCUT2D eigenvalue weighted by Crippen LogP contribution is 2.38. The predicted octanol–water partition coefficient (Wildman–Crippen LogP) is 4.19. The zero-order valence-corrected chi connectivity index (χ0v) is 20.6. The summed E-state index contributed by atoms with van der Waals surface area (Å²) in [6.07, 6.45) is 9.04. The molecule has 1 aliphatic carbocycles. The van der Waals surface area contributed by atoms with Crippen molar-refractivity contribution in [3.05, 3.63) is 47.8 Å². The molecule has 1 saturated carbocycles. The summed E-state index contributed by atoms with van der Waals surface area (Å²) < 4.78 is 1.92. The zero-order valence-electron chi connectivity index (χ0n) is 18.2. The van der Waals surface area contributed by atoms with E-state index in [4.69, 9.17) is 4.99 Å². The largest absolute Gasteiger partial charge is 0.396 e. The lowest BCUT2D eigenvalue weighted by atomic mass is 9.72. The molecule has 0 atom stereocenters. The minimum Gasteiger partial charge on any atom is -0.396 e. The van der Waals surface area contributed by atoms with Crippen molar-refractivity contribution in [2.24, 2.45) is 10.4 Å². The molecule has 30 heavy (non-hydrogen) atoms. The number of nitrogens with one attached hydrogen (secondary N) is 2. The van der Waals surface area contributed by atoms with Crippen molar-refractivity contribution in [3.63, 3.8) is 0 Å². The second kappa shape index (κ2) is 12.3. The van der Waals surface area contributed by atoms with Gasteiger partial charge in [0.25, 0.3) is 0 Å². The average molecular weight is 525 g/mol. The van der Waals surface area contributed by atoms with E-state index in [0.29, 0.717) is 6.54 Å². The summed E-state index contributed by atoms with van der Waals surface area (Å²) in [5.74, 6) is 0.835. The van der Waals surface area contributed by atoms with Gasteiger partial charge in [0, 0.05) is 25.9 Å². The molecule has 0 aliphatic heterocycles. The Morgan fingerprint density at radius 2 is 1.93 bits per heavy atom. The number of halogens is 1. The van der Waals surface area contributed by atoms with Crippen molar-refractivity contribution in [1.29, 1.82) is 0 Å². The number of aliphatic hydroxyl groups is 1. The fourth-order valence-electron chi connectivity index (χ4n) is 4.25. The van der Waals surface area contributed by atoms with E-state index >= 15 is 0 Å². The Hall–Kier alpha value is -1.61. The molecule has 3 rings (SSSR count). The Labute approximate surface area is 197 Å². The van der Waals surface area contributed by atoms with Gasteiger partial charge in [-0.25, -0.2) is 9.67 Å². The topological polar surface area (TPSA) is 74.5 Å². The Kier molecular flexibility index (Phi) is 10.1. The van der Waals surface area contributed by atoms with Gasteiger partial charge in [-0.3, -0.25) is 0 Å². The number of hydrogen-bond acceptors (Lipinski definition) is 3. The summed E-state index contributed by atoms with van der Waals surface area (Å²) in [7, 11) is 0. The summed E-state index contributed by atoms with van der Waals surface area (Å²) in [6, 6.07) is 10.3. The Balaban J connectivity index is 0.00000320. The molecule has 1 fully saturated rings. The second-order valence-electron chi connectivity index (χ2n) is 8.11. The van der Waals surface area contributed by atoms with Gasteiger partial charge >= 0.3 is 0 Å². The standard InChI is InChI=1S/C23H35N5O.HI/c1-3-24-22(26-18-23(14-16-29)12-7-4-8-13-23)25-17-20-9-5-6-10-21(20)28-15-11-19(2)27-28;/h5-6,9-11,15,29H,3-4,7-8,12-14,16-18H2,1-2H3,(H2,24,25,26);1H. The quantitative estimate of drug-likeness (QED) is 0.275. The third-order valence-electron chi connectivity index (χ3n) is 5.90. The Morgan fingerprint density at radius 3 is 2.60 bits per heavy atom. The Morgan fingerprint density at radius 1 is 1.17 bits per heavy atom. The molecule has 1 aromatic carbocycles. The summed E-state index contributed by atoms with van der Waals surface area (Å²) >= 11 is 0. The summed E-state index contributed by atoms with van der Waals surface area (Å²) in [5, 5.41) is 21.0. The highest BCUT2D eigenvalue weighted by molar-refractivity contribution is 14.0. The second-order valence-corrected chi connectivity index (χ2v) is 8.11. The van der Waals surface area contributed by atoms with E-state index in [1.807, 2.05) is 36.0 Å². The van der Waals surface area contributed by atoms with E-state index in [1.54, 1.807) is 0 Å². The first-order valence-corrected chi connectivity index (χ1v) is 10.9. The van der Waals surface area contributed by atoms with Crippen LogP contribution in [-0.2, 0) is 6.54 Å². The third-order valence-corrected chi connectivity index (χ3v) is 5.90. The lowest BCUT2D eigenvalue weighted by Gasteiger charge is -2.37. The van der Waals surface area contributed by atoms with E-state index in [2.05, 4.69) is 34.8 Å². The van der Waals surface area contributed by atoms with Crippen LogP contribution in [0.25, 0.3) is 5.69 Å². The Bertz CT molecular complexity index is 793. The SMILES string of the molecule is CCNC(=NCc1ccccc1-n1ccc(C)n1)NCC1(CCO)CCCCC1.I. The smallest absolute Gasteiger partial charge is 0.191 e. The number of nitrogens with zero attached hydrogens (tertiary/aromatic N) is 3. The van der Waals surface area contributed by atoms with Gasteiger partial charge in [0.05, 0.1) is 17.9 Å². The number of hydrogen-bond donors (Lipinski definition) is 3. The fourth-order valence-corrected chi connectivity index (χ4v) is 4.25. The predicted molar refractivity (Wildman–Crippen MR) is 134 cm³/mol. The van der Waals surface area contributed by atoms with Crippen LogP contribution in [-0.4, -0.2) is 40.5 Å². The van der Waals surface area contributed by atoms with E-state index in [-0.39, 0.29) is 36.0 Å². The monoisotopic (exact) mass is 525 g/mol. The number of rotatable bonds is 8. The molecule has 1 aliphatic rings. The zero-order chi connectivity index (χ0) is 20.5. The molecule has 7 heteroatoms. The van der Waals surface area contributed by atoms with E-state index in [1.165, 1.54) is 32.1 Å². The minimum absolute atomic E-state index is 0. The molecule has 1 aromatic heterocycles. The van der Waals surface area contributed by atoms with Gasteiger partial charge in [-0.2, -0.15) is 5.10 Å². The van der Waals surface area contributed by atoms with E-state index in [9.17, 15) is 5.11 Å². The van der Waals surface area contributed by atoms with Crippen LogP contribution in [0, 0.1) is 12.3 Å². The van der Waals surface area contributed by atoms with Crippen molar-refractivity contribution in [2.75, 3.05) is 19.7 Å². The van der Waals surface area contributed by atoms with E-state index in [0.717, 1.165) is 42.4 Å². The molecule has 0 radical (unpaired) electrons. The van der Waals surface area contributed by atoms with E-state index < -0.39 is 0 Å². The molecule has 0 unspecified atom stereocenters. The van der Waals surface area contributed by atoms with Gasteiger partial charge in [-0.05, 0) is 56.2 Å². The number of aliphatic imine (C=N–C) groups is 1. The van der Waals surface area contributed by atoms with Crippen molar-refractivity contribution in [3.8, 4) is 5.69 Å². The van der Waals surface area contributed by atoms with Crippen molar-refractivity contribution >= 4 is 29.9 Å². The highest BCUT2D eigenvalue weighted by Gasteiger charge is 2.31. The fraction of sp³-hybridized carbons (Fsp3) is 0.565. The average Bonchev–Trinajstić information content (AvgIpc) is 3.17. The lowest BCUT2D eigenvalue weighted by Crippen LogP contribution is -2.45. The molecule has 0 spiro atoms. The maximum Gasteiger partial charge on any atom is 0.191 e. The van der Waals surface area contributed by atoms with Crippen LogP contribution in [0.5, 0.6) is 0 Å². The van der Waals surface area contributed by atoms with Crippen LogP contribution >= 0.6 is 24.0 Å². The van der Waals surface area contributed by atoms with Crippen molar-refractivity contribution in [2.45, 2.75) is 58.9 Å². The maximum atomic E-state index is 9.56. The first-order valence-electron chi connectivity index (χ1n) is 10.9. The summed E-state index contributed by atoms with van der Waals surface area (Å²) in [4.78, 5) is 4.84. The number of aliphatic hydroxyl groups excluding tert-OH is 1. The third kappa shape index (κ3) is 6.70. The molecular weight excluding hydrogens is 489 g/mol. The normalized spacial score (nSPS) is 16.0. The first-order chi connectivity index (χ1) is 14.2. The van der Waals surface area contributed by atoms with Crippen LogP contribution in [0.4, 0.5) is 0 Å². The molecule has 166 valence electrons. The van der Waals surface area contributed by atoms with Crippen LogP contribution < -0.4 is 10.6 Å². The highest BCUT2D eigenvalue weighted by atomic mass is 127. The molecule has 0 amide bonds. The molecular formula is C23H36IN5O.